The second kappa shape index (κ2) is 12.7. The summed E-state index contributed by atoms with van der Waals surface area (Å²) in [7, 11) is 0. The molecule has 0 rings (SSSR count). The first-order chi connectivity index (χ1) is 9.21. The van der Waals surface area contributed by atoms with Crippen molar-refractivity contribution in [2.24, 2.45) is 5.73 Å². The summed E-state index contributed by atoms with van der Waals surface area (Å²) in [5.41, 5.74) is 9.78. The third-order valence-electron chi connectivity index (χ3n) is 3.97. The van der Waals surface area contributed by atoms with Gasteiger partial charge in [-0.3, -0.25) is 0 Å². The van der Waals surface area contributed by atoms with E-state index in [0.29, 0.717) is 6.04 Å². The first-order valence-corrected chi connectivity index (χ1v) is 8.67. The van der Waals surface area contributed by atoms with Crippen LogP contribution in [0.25, 0.3) is 0 Å². The lowest BCUT2D eigenvalue weighted by Crippen LogP contribution is -2.24. The molecule has 1 unspecified atom stereocenters. The summed E-state index contributed by atoms with van der Waals surface area (Å²) in [5.74, 6) is 0. The van der Waals surface area contributed by atoms with E-state index in [1.807, 2.05) is 0 Å². The Bertz CT molecular complexity index is 220. The maximum absolute atomic E-state index is 6.46. The Balaban J connectivity index is 4.90. The van der Waals surface area contributed by atoms with Crippen LogP contribution < -0.4 is 5.73 Å². The van der Waals surface area contributed by atoms with Crippen LogP contribution in [0.15, 0.2) is 11.1 Å². The van der Waals surface area contributed by atoms with Gasteiger partial charge in [0, 0.05) is 6.04 Å². The fraction of sp³-hybridized carbons (Fsp3) is 0.889. The van der Waals surface area contributed by atoms with E-state index in [2.05, 4.69) is 27.7 Å². The van der Waals surface area contributed by atoms with Gasteiger partial charge in [0.2, 0.25) is 0 Å². The third-order valence-corrected chi connectivity index (χ3v) is 3.97. The van der Waals surface area contributed by atoms with E-state index in [1.165, 1.54) is 64.2 Å². The van der Waals surface area contributed by atoms with Gasteiger partial charge in [0.25, 0.3) is 0 Å². The molecule has 0 fully saturated rings. The van der Waals surface area contributed by atoms with E-state index in [9.17, 15) is 0 Å². The van der Waals surface area contributed by atoms with E-state index < -0.39 is 0 Å². The minimum atomic E-state index is 0.320. The van der Waals surface area contributed by atoms with Crippen LogP contribution in [0.2, 0.25) is 0 Å². The van der Waals surface area contributed by atoms with Crippen molar-refractivity contribution in [3.63, 3.8) is 0 Å². The zero-order chi connectivity index (χ0) is 14.5. The largest absolute Gasteiger partial charge is 0.324 e. The lowest BCUT2D eigenvalue weighted by Gasteiger charge is -2.21. The quantitative estimate of drug-likeness (QED) is 0.432. The Hall–Kier alpha value is -0.300. The number of hydrogen-bond donors (Lipinski definition) is 1. The summed E-state index contributed by atoms with van der Waals surface area (Å²) in [6.07, 6.45) is 14.0. The molecule has 0 aromatic heterocycles. The van der Waals surface area contributed by atoms with Gasteiger partial charge < -0.3 is 5.73 Å². The third kappa shape index (κ3) is 8.47. The summed E-state index contributed by atoms with van der Waals surface area (Å²) in [4.78, 5) is 0. The predicted octanol–water partition coefficient (Wildman–Crippen LogP) is 5.98. The van der Waals surface area contributed by atoms with Gasteiger partial charge in [0.1, 0.15) is 0 Å². The summed E-state index contributed by atoms with van der Waals surface area (Å²) in [5, 5.41) is 0. The van der Waals surface area contributed by atoms with Crippen molar-refractivity contribution >= 4 is 0 Å². The zero-order valence-corrected chi connectivity index (χ0v) is 13.9. The number of hydrogen-bond acceptors (Lipinski definition) is 1. The number of nitrogens with two attached hydrogens (primary N) is 1. The van der Waals surface area contributed by atoms with Gasteiger partial charge in [-0.15, -0.1) is 0 Å². The molecular weight excluding hydrogens is 230 g/mol. The van der Waals surface area contributed by atoms with Crippen molar-refractivity contribution in [2.75, 3.05) is 0 Å². The molecule has 0 aromatic carbocycles. The van der Waals surface area contributed by atoms with E-state index in [-0.39, 0.29) is 0 Å². The van der Waals surface area contributed by atoms with Crippen LogP contribution in [0.4, 0.5) is 0 Å². The van der Waals surface area contributed by atoms with Gasteiger partial charge >= 0.3 is 0 Å². The minimum absolute atomic E-state index is 0.320. The molecule has 0 aliphatic heterocycles. The number of unbranched alkanes of at least 4 members (excludes halogenated alkanes) is 3. The highest BCUT2D eigenvalue weighted by molar-refractivity contribution is 5.20. The molecule has 19 heavy (non-hydrogen) atoms. The predicted molar refractivity (Wildman–Crippen MR) is 88.5 cm³/mol. The van der Waals surface area contributed by atoms with Crippen LogP contribution in [0, 0.1) is 0 Å². The van der Waals surface area contributed by atoms with Gasteiger partial charge in [0.15, 0.2) is 0 Å². The molecule has 0 spiro atoms. The highest BCUT2D eigenvalue weighted by Crippen LogP contribution is 2.26. The topological polar surface area (TPSA) is 26.0 Å². The molecule has 1 nitrogen and oxygen atoms in total. The number of allylic oxidation sites excluding steroid dienone is 1. The fourth-order valence-corrected chi connectivity index (χ4v) is 2.70. The maximum Gasteiger partial charge on any atom is 0.0256 e. The first kappa shape index (κ1) is 18.7. The molecule has 0 amide bonds. The first-order valence-electron chi connectivity index (χ1n) is 8.67. The van der Waals surface area contributed by atoms with Crippen LogP contribution in [-0.2, 0) is 0 Å². The monoisotopic (exact) mass is 267 g/mol. The molecule has 0 radical (unpaired) electrons. The molecule has 0 saturated heterocycles. The average Bonchev–Trinajstić information content (AvgIpc) is 2.41. The van der Waals surface area contributed by atoms with Crippen molar-refractivity contribution in [3.8, 4) is 0 Å². The average molecular weight is 268 g/mol. The molecule has 0 aliphatic carbocycles. The van der Waals surface area contributed by atoms with Crippen LogP contribution >= 0.6 is 0 Å². The van der Waals surface area contributed by atoms with Crippen molar-refractivity contribution in [1.29, 1.82) is 0 Å². The van der Waals surface area contributed by atoms with Gasteiger partial charge in [-0.2, -0.15) is 0 Å². The van der Waals surface area contributed by atoms with Crippen LogP contribution in [0.1, 0.15) is 98.3 Å². The molecule has 0 heterocycles. The zero-order valence-electron chi connectivity index (χ0n) is 13.9. The minimum Gasteiger partial charge on any atom is -0.324 e. The second-order valence-corrected chi connectivity index (χ2v) is 5.83. The van der Waals surface area contributed by atoms with Gasteiger partial charge in [0.05, 0.1) is 0 Å². The highest BCUT2D eigenvalue weighted by Gasteiger charge is 2.13. The van der Waals surface area contributed by atoms with Gasteiger partial charge in [-0.25, -0.2) is 0 Å². The lowest BCUT2D eigenvalue weighted by atomic mass is 9.88. The smallest absolute Gasteiger partial charge is 0.0256 e. The Morgan fingerprint density at radius 3 is 1.63 bits per heavy atom. The number of rotatable bonds is 12. The van der Waals surface area contributed by atoms with Gasteiger partial charge in [-0.05, 0) is 44.9 Å². The Labute approximate surface area is 122 Å². The van der Waals surface area contributed by atoms with Crippen molar-refractivity contribution in [1.82, 2.24) is 0 Å². The van der Waals surface area contributed by atoms with E-state index in [0.717, 1.165) is 6.42 Å². The molecule has 1 heteroatoms. The Morgan fingerprint density at radius 2 is 1.21 bits per heavy atom. The second-order valence-electron chi connectivity index (χ2n) is 5.83. The summed E-state index contributed by atoms with van der Waals surface area (Å²) < 4.78 is 0. The Morgan fingerprint density at radius 1 is 0.737 bits per heavy atom. The van der Waals surface area contributed by atoms with Gasteiger partial charge in [-0.1, -0.05) is 64.5 Å². The molecule has 0 aromatic rings. The van der Waals surface area contributed by atoms with Crippen LogP contribution in [-0.4, -0.2) is 6.04 Å². The molecule has 0 bridgehead atoms. The standard InChI is InChI=1S/C18H37N/c1-5-9-13-16(14-10-6-2)17(15-11-7-3)18(19)12-8-4/h18H,5-15,19H2,1-4H3. The molecule has 0 aliphatic rings. The van der Waals surface area contributed by atoms with E-state index in [1.54, 1.807) is 11.1 Å². The Kier molecular flexibility index (Phi) is 12.5. The summed E-state index contributed by atoms with van der Waals surface area (Å²) >= 11 is 0. The van der Waals surface area contributed by atoms with Crippen LogP contribution in [0.5, 0.6) is 0 Å². The summed E-state index contributed by atoms with van der Waals surface area (Å²) in [6, 6.07) is 0.320. The maximum atomic E-state index is 6.46. The molecular formula is C18H37N. The molecule has 114 valence electrons. The molecule has 2 N–H and O–H groups in total. The van der Waals surface area contributed by atoms with Crippen molar-refractivity contribution < 1.29 is 0 Å². The van der Waals surface area contributed by atoms with Crippen molar-refractivity contribution in [3.05, 3.63) is 11.1 Å². The van der Waals surface area contributed by atoms with E-state index in [4.69, 9.17) is 5.73 Å². The molecule has 1 atom stereocenters. The molecule has 0 saturated carbocycles. The fourth-order valence-electron chi connectivity index (χ4n) is 2.70. The summed E-state index contributed by atoms with van der Waals surface area (Å²) in [6.45, 7) is 9.10. The lowest BCUT2D eigenvalue weighted by molar-refractivity contribution is 0.601. The van der Waals surface area contributed by atoms with Crippen molar-refractivity contribution in [2.45, 2.75) is 104 Å². The van der Waals surface area contributed by atoms with Crippen LogP contribution in [0.3, 0.4) is 0 Å². The van der Waals surface area contributed by atoms with E-state index >= 15 is 0 Å². The highest BCUT2D eigenvalue weighted by atomic mass is 14.6. The normalized spacial score (nSPS) is 12.5. The SMILES string of the molecule is CCCCC(CCCC)=C(CCCC)C(N)CCC.